The summed E-state index contributed by atoms with van der Waals surface area (Å²) in [6, 6.07) is 6.56. The second kappa shape index (κ2) is 9.59. The Morgan fingerprint density at radius 3 is 2.29 bits per heavy atom. The fourth-order valence-corrected chi connectivity index (χ4v) is 3.55. The van der Waals surface area contributed by atoms with E-state index >= 15 is 0 Å². The molecule has 1 aromatic carbocycles. The first-order chi connectivity index (χ1) is 14.9. The molecule has 0 saturated carbocycles. The van der Waals surface area contributed by atoms with Crippen molar-refractivity contribution in [2.24, 2.45) is 5.92 Å². The number of esters is 1. The number of amides is 1. The van der Waals surface area contributed by atoms with Crippen molar-refractivity contribution in [1.82, 2.24) is 19.2 Å². The Labute approximate surface area is 179 Å². The molecule has 1 aliphatic rings. The van der Waals surface area contributed by atoms with Gasteiger partial charge in [0, 0.05) is 19.6 Å². The second-order valence-electron chi connectivity index (χ2n) is 7.11. The summed E-state index contributed by atoms with van der Waals surface area (Å²) in [4.78, 5) is 52.1. The number of piperidine rings is 1. The van der Waals surface area contributed by atoms with Crippen LogP contribution in [0.3, 0.4) is 0 Å². The van der Waals surface area contributed by atoms with Crippen molar-refractivity contribution in [3.63, 3.8) is 0 Å². The highest BCUT2D eigenvalue weighted by molar-refractivity contribution is 5.92. The van der Waals surface area contributed by atoms with E-state index in [-0.39, 0.29) is 24.1 Å². The average molecular weight is 430 g/mol. The predicted molar refractivity (Wildman–Crippen MR) is 112 cm³/mol. The van der Waals surface area contributed by atoms with Crippen molar-refractivity contribution in [1.29, 1.82) is 0 Å². The summed E-state index contributed by atoms with van der Waals surface area (Å²) in [5.74, 6) is -0.496. The molecule has 166 valence electrons. The molecule has 0 atom stereocenters. The number of hydrogen-bond acceptors (Lipinski definition) is 7. The predicted octanol–water partition coefficient (Wildman–Crippen LogP) is 0.838. The van der Waals surface area contributed by atoms with Gasteiger partial charge in [-0.05, 0) is 51.0 Å². The van der Waals surface area contributed by atoms with E-state index in [4.69, 9.17) is 9.47 Å². The third kappa shape index (κ3) is 4.52. The van der Waals surface area contributed by atoms with E-state index < -0.39 is 17.2 Å². The molecule has 2 aromatic rings. The summed E-state index contributed by atoms with van der Waals surface area (Å²) in [6.45, 7) is 4.42. The van der Waals surface area contributed by atoms with E-state index in [1.807, 2.05) is 0 Å². The number of benzene rings is 1. The molecule has 1 aliphatic heterocycles. The molecule has 0 bridgehead atoms. The summed E-state index contributed by atoms with van der Waals surface area (Å²) < 4.78 is 12.2. The Morgan fingerprint density at radius 1 is 1.10 bits per heavy atom. The summed E-state index contributed by atoms with van der Waals surface area (Å²) in [5.41, 5.74) is -1.28. The average Bonchev–Trinajstić information content (AvgIpc) is 2.79. The SMILES string of the molecule is CCOC(=O)C1CCN(C(=O)c2nn(-c3ccc(OC)cc3)c(=O)n(CC)c2=O)CC1. The number of ether oxygens (including phenoxy) is 2. The molecule has 0 unspecified atom stereocenters. The van der Waals surface area contributed by atoms with Crippen molar-refractivity contribution >= 4 is 11.9 Å². The lowest BCUT2D eigenvalue weighted by Crippen LogP contribution is -2.48. The zero-order valence-corrected chi connectivity index (χ0v) is 17.9. The van der Waals surface area contributed by atoms with Crippen LogP contribution in [0.5, 0.6) is 5.75 Å². The second-order valence-corrected chi connectivity index (χ2v) is 7.11. The van der Waals surface area contributed by atoms with Crippen LogP contribution in [0.2, 0.25) is 0 Å². The highest BCUT2D eigenvalue weighted by Crippen LogP contribution is 2.20. The first kappa shape index (κ1) is 22.3. The molecular weight excluding hydrogens is 404 g/mol. The number of hydrogen-bond donors (Lipinski definition) is 0. The maximum absolute atomic E-state index is 13.1. The summed E-state index contributed by atoms with van der Waals surface area (Å²) in [5, 5.41) is 4.11. The quantitative estimate of drug-likeness (QED) is 0.624. The molecule has 2 heterocycles. The monoisotopic (exact) mass is 430 g/mol. The van der Waals surface area contributed by atoms with Crippen molar-refractivity contribution in [3.8, 4) is 11.4 Å². The lowest BCUT2D eigenvalue weighted by atomic mass is 9.97. The Balaban J connectivity index is 1.92. The maximum Gasteiger partial charge on any atom is 0.352 e. The largest absolute Gasteiger partial charge is 0.497 e. The van der Waals surface area contributed by atoms with E-state index in [9.17, 15) is 19.2 Å². The zero-order valence-electron chi connectivity index (χ0n) is 17.9. The van der Waals surface area contributed by atoms with Crippen LogP contribution in [-0.4, -0.2) is 57.9 Å². The van der Waals surface area contributed by atoms with Crippen molar-refractivity contribution in [3.05, 3.63) is 50.8 Å². The molecular formula is C21H26N4O6. The number of aromatic nitrogens is 3. The van der Waals surface area contributed by atoms with Gasteiger partial charge in [-0.25, -0.2) is 4.79 Å². The molecule has 1 aromatic heterocycles. The fourth-order valence-electron chi connectivity index (χ4n) is 3.55. The van der Waals surface area contributed by atoms with Crippen LogP contribution in [0.15, 0.2) is 33.9 Å². The highest BCUT2D eigenvalue weighted by Gasteiger charge is 2.31. The number of rotatable bonds is 6. The van der Waals surface area contributed by atoms with Gasteiger partial charge >= 0.3 is 11.7 Å². The van der Waals surface area contributed by atoms with Gasteiger partial charge < -0.3 is 14.4 Å². The number of carbonyl (C=O) groups excluding carboxylic acids is 2. The first-order valence-corrected chi connectivity index (χ1v) is 10.3. The van der Waals surface area contributed by atoms with Gasteiger partial charge in [0.25, 0.3) is 11.5 Å². The van der Waals surface area contributed by atoms with E-state index in [0.29, 0.717) is 44.0 Å². The van der Waals surface area contributed by atoms with Crippen molar-refractivity contribution < 1.29 is 19.1 Å². The third-order valence-corrected chi connectivity index (χ3v) is 5.30. The van der Waals surface area contributed by atoms with Crippen LogP contribution in [0, 0.1) is 5.92 Å². The van der Waals surface area contributed by atoms with E-state index in [1.54, 1.807) is 38.1 Å². The molecule has 1 fully saturated rings. The first-order valence-electron chi connectivity index (χ1n) is 10.3. The minimum atomic E-state index is -0.727. The summed E-state index contributed by atoms with van der Waals surface area (Å²) in [6.07, 6.45) is 0.898. The topological polar surface area (TPSA) is 113 Å². The van der Waals surface area contributed by atoms with Crippen LogP contribution in [0.1, 0.15) is 37.2 Å². The van der Waals surface area contributed by atoms with Crippen LogP contribution < -0.4 is 16.0 Å². The lowest BCUT2D eigenvalue weighted by Gasteiger charge is -2.30. The van der Waals surface area contributed by atoms with Crippen LogP contribution in [0.25, 0.3) is 5.69 Å². The van der Waals surface area contributed by atoms with E-state index in [1.165, 1.54) is 12.0 Å². The van der Waals surface area contributed by atoms with E-state index in [0.717, 1.165) is 9.25 Å². The maximum atomic E-state index is 13.1. The standard InChI is InChI=1S/C21H26N4O6/c1-4-24-19(27)17(18(26)23-12-10-14(11-13-23)20(28)31-5-2)22-25(21(24)29)15-6-8-16(30-3)9-7-15/h6-9,14H,4-5,10-13H2,1-3H3. The summed E-state index contributed by atoms with van der Waals surface area (Å²) in [7, 11) is 1.53. The van der Waals surface area contributed by atoms with Gasteiger partial charge in [-0.1, -0.05) is 0 Å². The minimum absolute atomic E-state index is 0.0988. The molecule has 0 spiro atoms. The van der Waals surface area contributed by atoms with Gasteiger partial charge in [-0.3, -0.25) is 19.0 Å². The molecule has 10 heteroatoms. The van der Waals surface area contributed by atoms with Crippen LogP contribution >= 0.6 is 0 Å². The smallest absolute Gasteiger partial charge is 0.352 e. The Kier molecular flexibility index (Phi) is 6.88. The number of carbonyl (C=O) groups is 2. The van der Waals surface area contributed by atoms with E-state index in [2.05, 4.69) is 5.10 Å². The van der Waals surface area contributed by atoms with Gasteiger partial charge in [0.1, 0.15) is 5.75 Å². The zero-order chi connectivity index (χ0) is 22.5. The Bertz CT molecular complexity index is 1060. The Morgan fingerprint density at radius 2 is 1.74 bits per heavy atom. The summed E-state index contributed by atoms with van der Waals surface area (Å²) >= 11 is 0. The van der Waals surface area contributed by atoms with Gasteiger partial charge in [0.15, 0.2) is 0 Å². The molecule has 0 aliphatic carbocycles. The van der Waals surface area contributed by atoms with Gasteiger partial charge in [0.05, 0.1) is 25.3 Å². The molecule has 10 nitrogen and oxygen atoms in total. The number of nitrogens with zero attached hydrogens (tertiary/aromatic N) is 4. The van der Waals surface area contributed by atoms with Crippen molar-refractivity contribution in [2.45, 2.75) is 33.2 Å². The molecule has 1 saturated heterocycles. The normalized spacial score (nSPS) is 14.4. The number of methoxy groups -OCH3 is 1. The van der Waals surface area contributed by atoms with Gasteiger partial charge in [-0.2, -0.15) is 9.78 Å². The number of likely N-dealkylation sites (tertiary alicyclic amines) is 1. The Hall–Kier alpha value is -3.43. The molecule has 3 rings (SSSR count). The molecule has 31 heavy (non-hydrogen) atoms. The van der Waals surface area contributed by atoms with Gasteiger partial charge in [-0.15, -0.1) is 0 Å². The van der Waals surface area contributed by atoms with Crippen LogP contribution in [-0.2, 0) is 16.1 Å². The fraction of sp³-hybridized carbons (Fsp3) is 0.476. The van der Waals surface area contributed by atoms with Crippen molar-refractivity contribution in [2.75, 3.05) is 26.8 Å². The molecule has 0 N–H and O–H groups in total. The highest BCUT2D eigenvalue weighted by atomic mass is 16.5. The molecule has 0 radical (unpaired) electrons. The molecule has 1 amide bonds. The van der Waals surface area contributed by atoms with Gasteiger partial charge in [0.2, 0.25) is 5.69 Å². The minimum Gasteiger partial charge on any atom is -0.497 e. The lowest BCUT2D eigenvalue weighted by molar-refractivity contribution is -0.149. The third-order valence-electron chi connectivity index (χ3n) is 5.30. The van der Waals surface area contributed by atoms with Crippen LogP contribution in [0.4, 0.5) is 0 Å².